The highest BCUT2D eigenvalue weighted by Crippen LogP contribution is 2.25. The van der Waals surface area contributed by atoms with Crippen LogP contribution in [-0.4, -0.2) is 33.1 Å². The van der Waals surface area contributed by atoms with Crippen molar-refractivity contribution in [3.8, 4) is 11.3 Å². The molecule has 2 aromatic carbocycles. The molecule has 0 spiro atoms. The van der Waals surface area contributed by atoms with Crippen molar-refractivity contribution in [2.75, 3.05) is 16.8 Å². The van der Waals surface area contributed by atoms with E-state index in [1.165, 1.54) is 0 Å². The smallest absolute Gasteiger partial charge is 0.259 e. The van der Waals surface area contributed by atoms with Crippen molar-refractivity contribution in [3.63, 3.8) is 0 Å². The summed E-state index contributed by atoms with van der Waals surface area (Å²) in [6, 6.07) is 21.1. The third-order valence-electron chi connectivity index (χ3n) is 5.64. The second-order valence-corrected chi connectivity index (χ2v) is 7.97. The zero-order valence-corrected chi connectivity index (χ0v) is 18.0. The minimum absolute atomic E-state index is 0.138. The molecule has 1 fully saturated rings. The van der Waals surface area contributed by atoms with E-state index in [9.17, 15) is 9.59 Å². The van der Waals surface area contributed by atoms with Gasteiger partial charge in [-0.25, -0.2) is 0 Å². The van der Waals surface area contributed by atoms with E-state index in [4.69, 9.17) is 0 Å². The molecule has 4 aromatic rings. The molecule has 1 aliphatic rings. The molecule has 1 aliphatic heterocycles. The Kier molecular flexibility index (Phi) is 5.68. The van der Waals surface area contributed by atoms with Gasteiger partial charge in [0.2, 0.25) is 5.91 Å². The Labute approximate surface area is 191 Å². The normalized spacial score (nSPS) is 13.3. The molecule has 2 aromatic heterocycles. The summed E-state index contributed by atoms with van der Waals surface area (Å²) in [6.45, 7) is 1.29. The average Bonchev–Trinajstić information content (AvgIpc) is 3.47. The molecule has 33 heavy (non-hydrogen) atoms. The highest BCUT2D eigenvalue weighted by molar-refractivity contribution is 6.08. The minimum atomic E-state index is -0.252. The lowest BCUT2D eigenvalue weighted by atomic mass is 10.1. The van der Waals surface area contributed by atoms with Crippen molar-refractivity contribution >= 4 is 23.2 Å². The summed E-state index contributed by atoms with van der Waals surface area (Å²) in [5, 5.41) is 7.64. The maximum atomic E-state index is 13.2. The van der Waals surface area contributed by atoms with Crippen molar-refractivity contribution in [3.05, 3.63) is 96.4 Å². The number of carbonyl (C=O) groups excluding carboxylic acids is 2. The second-order valence-electron chi connectivity index (χ2n) is 7.97. The lowest BCUT2D eigenvalue weighted by Gasteiger charge is -2.16. The minimum Gasteiger partial charge on any atom is -0.322 e. The molecular weight excluding hydrogens is 414 g/mol. The van der Waals surface area contributed by atoms with Gasteiger partial charge in [-0.05, 0) is 48.4 Å². The van der Waals surface area contributed by atoms with Crippen LogP contribution in [0.15, 0.2) is 85.3 Å². The maximum Gasteiger partial charge on any atom is 0.259 e. The number of rotatable bonds is 6. The third-order valence-corrected chi connectivity index (χ3v) is 5.64. The number of hydrogen-bond donors (Lipinski definition) is 1. The van der Waals surface area contributed by atoms with Crippen molar-refractivity contribution in [2.45, 2.75) is 19.4 Å². The summed E-state index contributed by atoms with van der Waals surface area (Å²) in [5.41, 5.74) is 4.42. The van der Waals surface area contributed by atoms with Crippen LogP contribution in [0.25, 0.3) is 11.3 Å². The molecule has 0 radical (unpaired) electrons. The van der Waals surface area contributed by atoms with Gasteiger partial charge in [0.25, 0.3) is 5.91 Å². The molecular formula is C26H23N5O2. The molecule has 0 bridgehead atoms. The summed E-state index contributed by atoms with van der Waals surface area (Å²) < 4.78 is 1.77. The van der Waals surface area contributed by atoms with Crippen LogP contribution in [0.1, 0.15) is 28.8 Å². The first kappa shape index (κ1) is 20.6. The van der Waals surface area contributed by atoms with Crippen LogP contribution >= 0.6 is 0 Å². The van der Waals surface area contributed by atoms with Crippen LogP contribution in [0.4, 0.5) is 11.4 Å². The maximum absolute atomic E-state index is 13.2. The van der Waals surface area contributed by atoms with Gasteiger partial charge in [-0.3, -0.25) is 19.3 Å². The van der Waals surface area contributed by atoms with Gasteiger partial charge in [0.1, 0.15) is 5.69 Å². The molecule has 164 valence electrons. The average molecular weight is 438 g/mol. The second kappa shape index (κ2) is 9.08. The van der Waals surface area contributed by atoms with Gasteiger partial charge >= 0.3 is 0 Å². The molecule has 7 nitrogen and oxygen atoms in total. The van der Waals surface area contributed by atoms with Crippen LogP contribution in [-0.2, 0) is 11.3 Å². The number of carbonyl (C=O) groups is 2. The number of amides is 2. The van der Waals surface area contributed by atoms with Gasteiger partial charge in [-0.1, -0.05) is 30.3 Å². The Balaban J connectivity index is 1.40. The number of aromatic nitrogens is 3. The van der Waals surface area contributed by atoms with Crippen LogP contribution < -0.4 is 10.2 Å². The van der Waals surface area contributed by atoms with E-state index in [-0.39, 0.29) is 11.8 Å². The number of hydrogen-bond acceptors (Lipinski definition) is 4. The first-order valence-electron chi connectivity index (χ1n) is 10.9. The quantitative estimate of drug-likeness (QED) is 0.486. The summed E-state index contributed by atoms with van der Waals surface area (Å²) in [6.07, 6.45) is 6.62. The van der Waals surface area contributed by atoms with Crippen LogP contribution in [0, 0.1) is 0 Å². The SMILES string of the molecule is O=C(Nc1ccc(N2CCCC2=O)cc1)c1cn(Cc2ccccc2)nc1-c1cccnc1. The Hall–Kier alpha value is -4.26. The predicted molar refractivity (Wildman–Crippen MR) is 127 cm³/mol. The Bertz CT molecular complexity index is 1270. The first-order valence-corrected chi connectivity index (χ1v) is 10.9. The number of anilines is 2. The Morgan fingerprint density at radius 1 is 1.00 bits per heavy atom. The standard InChI is InChI=1S/C26H23N5O2/c32-24-9-5-15-31(24)22-12-10-21(11-13-22)28-26(33)23-18-30(17-19-6-2-1-3-7-19)29-25(23)20-8-4-14-27-16-20/h1-4,6-8,10-14,16,18H,5,9,15,17H2,(H,28,33). The predicted octanol–water partition coefficient (Wildman–Crippen LogP) is 4.37. The van der Waals surface area contributed by atoms with Crippen molar-refractivity contribution in [2.24, 2.45) is 0 Å². The van der Waals surface area contributed by atoms with E-state index < -0.39 is 0 Å². The summed E-state index contributed by atoms with van der Waals surface area (Å²) >= 11 is 0. The molecule has 0 saturated carbocycles. The molecule has 2 amide bonds. The monoisotopic (exact) mass is 437 g/mol. The van der Waals surface area contributed by atoms with E-state index in [2.05, 4.69) is 15.4 Å². The molecule has 7 heteroatoms. The van der Waals surface area contributed by atoms with Crippen molar-refractivity contribution < 1.29 is 9.59 Å². The zero-order valence-electron chi connectivity index (χ0n) is 18.0. The van der Waals surface area contributed by atoms with Crippen LogP contribution in [0.5, 0.6) is 0 Å². The molecule has 5 rings (SSSR count). The first-order chi connectivity index (χ1) is 16.2. The van der Waals surface area contributed by atoms with E-state index in [1.807, 2.05) is 66.7 Å². The highest BCUT2D eigenvalue weighted by atomic mass is 16.2. The zero-order chi connectivity index (χ0) is 22.6. The van der Waals surface area contributed by atoms with E-state index >= 15 is 0 Å². The largest absolute Gasteiger partial charge is 0.322 e. The van der Waals surface area contributed by atoms with Crippen LogP contribution in [0.2, 0.25) is 0 Å². The summed E-state index contributed by atoms with van der Waals surface area (Å²) in [5.74, 6) is -0.114. The fraction of sp³-hybridized carbons (Fsp3) is 0.154. The van der Waals surface area contributed by atoms with E-state index in [0.717, 1.165) is 29.8 Å². The topological polar surface area (TPSA) is 80.1 Å². The van der Waals surface area contributed by atoms with Crippen molar-refractivity contribution in [1.29, 1.82) is 0 Å². The lowest BCUT2D eigenvalue weighted by molar-refractivity contribution is -0.117. The van der Waals surface area contributed by atoms with Gasteiger partial charge in [-0.2, -0.15) is 5.10 Å². The van der Waals surface area contributed by atoms with Gasteiger partial charge < -0.3 is 10.2 Å². The van der Waals surface area contributed by atoms with E-state index in [1.54, 1.807) is 28.2 Å². The van der Waals surface area contributed by atoms with Gasteiger partial charge in [0.15, 0.2) is 0 Å². The lowest BCUT2D eigenvalue weighted by Crippen LogP contribution is -2.23. The van der Waals surface area contributed by atoms with Crippen molar-refractivity contribution in [1.82, 2.24) is 14.8 Å². The molecule has 1 saturated heterocycles. The number of nitrogens with one attached hydrogen (secondary N) is 1. The van der Waals surface area contributed by atoms with E-state index in [0.29, 0.717) is 29.9 Å². The molecule has 1 N–H and O–H groups in total. The number of benzene rings is 2. The van der Waals surface area contributed by atoms with Crippen LogP contribution in [0.3, 0.4) is 0 Å². The Morgan fingerprint density at radius 3 is 2.52 bits per heavy atom. The number of pyridine rings is 1. The summed E-state index contributed by atoms with van der Waals surface area (Å²) in [4.78, 5) is 31.1. The fourth-order valence-corrected chi connectivity index (χ4v) is 4.00. The molecule has 0 unspecified atom stereocenters. The van der Waals surface area contributed by atoms with Gasteiger partial charge in [0.05, 0.1) is 12.1 Å². The van der Waals surface area contributed by atoms with Gasteiger partial charge in [-0.15, -0.1) is 0 Å². The third kappa shape index (κ3) is 4.52. The summed E-state index contributed by atoms with van der Waals surface area (Å²) in [7, 11) is 0. The highest BCUT2D eigenvalue weighted by Gasteiger charge is 2.22. The number of nitrogens with zero attached hydrogens (tertiary/aromatic N) is 4. The molecule has 0 aliphatic carbocycles. The Morgan fingerprint density at radius 2 is 1.82 bits per heavy atom. The fourth-order valence-electron chi connectivity index (χ4n) is 4.00. The molecule has 3 heterocycles. The van der Waals surface area contributed by atoms with Gasteiger partial charge in [0, 0.05) is 48.5 Å². The molecule has 0 atom stereocenters.